The van der Waals surface area contributed by atoms with Gasteiger partial charge in [-0.1, -0.05) is 25.1 Å². The highest BCUT2D eigenvalue weighted by atomic mass is 16.4. The topological polar surface area (TPSA) is 73.8 Å². The highest BCUT2D eigenvalue weighted by molar-refractivity contribution is 6.09. The Morgan fingerprint density at radius 1 is 1.06 bits per heavy atom. The second-order valence-electron chi connectivity index (χ2n) is 8.43. The molecule has 1 saturated heterocycles. The number of nitrogens with zero attached hydrogens (tertiary/aromatic N) is 2. The van der Waals surface area contributed by atoms with Gasteiger partial charge in [-0.15, -0.1) is 0 Å². The van der Waals surface area contributed by atoms with Crippen molar-refractivity contribution in [3.63, 3.8) is 0 Å². The molecule has 32 heavy (non-hydrogen) atoms. The monoisotopic (exact) mass is 427 g/mol. The third kappa shape index (κ3) is 3.07. The van der Waals surface area contributed by atoms with Crippen molar-refractivity contribution in [3.8, 4) is 22.5 Å². The molecule has 0 bridgehead atoms. The van der Waals surface area contributed by atoms with Gasteiger partial charge in [-0.05, 0) is 29.8 Å². The van der Waals surface area contributed by atoms with Crippen LogP contribution in [0.2, 0.25) is 0 Å². The Hall–Kier alpha value is -3.93. The number of amides is 1. The van der Waals surface area contributed by atoms with Crippen molar-refractivity contribution in [2.24, 2.45) is 5.92 Å². The molecule has 1 amide bonds. The molecule has 2 aromatic carbocycles. The van der Waals surface area contributed by atoms with Gasteiger partial charge in [0, 0.05) is 40.9 Å². The van der Waals surface area contributed by atoms with Gasteiger partial charge in [0.25, 0.3) is 0 Å². The molecule has 0 radical (unpaired) electrons. The largest absolute Gasteiger partial charge is 0.478 e. The predicted octanol–water partition coefficient (Wildman–Crippen LogP) is 3.92. The normalized spacial score (nSPS) is 15.8. The maximum atomic E-state index is 12.3. The van der Waals surface area contributed by atoms with Crippen LogP contribution < -0.4 is 14.8 Å². The Morgan fingerprint density at radius 2 is 1.84 bits per heavy atom. The second kappa shape index (κ2) is 7.34. The maximum absolute atomic E-state index is 12.3. The fourth-order valence-electron chi connectivity index (χ4n) is 4.32. The van der Waals surface area contributed by atoms with Gasteiger partial charge in [-0.25, -0.2) is 9.37 Å². The van der Waals surface area contributed by atoms with Gasteiger partial charge in [-0.3, -0.25) is 4.79 Å². The van der Waals surface area contributed by atoms with Gasteiger partial charge in [0.2, 0.25) is 11.3 Å². The molecule has 0 saturated carbocycles. The number of carboxylic acid groups (broad SMARTS) is 1. The number of fused-ring (bicyclic) bond motifs is 2. The fourth-order valence-corrected chi connectivity index (χ4v) is 4.32. The van der Waals surface area contributed by atoms with Crippen LogP contribution in [-0.4, -0.2) is 37.6 Å². The average Bonchev–Trinajstić information content (AvgIpc) is 2.79. The summed E-state index contributed by atoms with van der Waals surface area (Å²) < 4.78 is 8.30. The maximum Gasteiger partial charge on any atom is 0.336 e. The first kappa shape index (κ1) is 20.0. The summed E-state index contributed by atoms with van der Waals surface area (Å²) in [7, 11) is 3.91. The number of benzene rings is 3. The highest BCUT2D eigenvalue weighted by Crippen LogP contribution is 2.42. The third-order valence-electron chi connectivity index (χ3n) is 6.09. The summed E-state index contributed by atoms with van der Waals surface area (Å²) in [4.78, 5) is 26.0. The minimum atomic E-state index is -0.982. The Bertz CT molecular complexity index is 1450. The van der Waals surface area contributed by atoms with E-state index in [4.69, 9.17) is 4.42 Å². The molecule has 6 nitrogen and oxygen atoms in total. The molecular weight excluding hydrogens is 404 g/mol. The first-order valence-electron chi connectivity index (χ1n) is 10.5. The third-order valence-corrected chi connectivity index (χ3v) is 6.09. The Kier molecular flexibility index (Phi) is 4.59. The first-order chi connectivity index (χ1) is 15.3. The van der Waals surface area contributed by atoms with Gasteiger partial charge in [-0.2, -0.15) is 0 Å². The second-order valence-corrected chi connectivity index (χ2v) is 8.43. The van der Waals surface area contributed by atoms with Crippen molar-refractivity contribution in [2.75, 3.05) is 25.5 Å². The summed E-state index contributed by atoms with van der Waals surface area (Å²) >= 11 is 0. The number of anilines is 1. The zero-order valence-corrected chi connectivity index (χ0v) is 18.1. The van der Waals surface area contributed by atoms with E-state index in [1.165, 1.54) is 0 Å². The summed E-state index contributed by atoms with van der Waals surface area (Å²) in [6.45, 7) is 2.60. The number of aromatic carboxylic acids is 1. The van der Waals surface area contributed by atoms with Crippen molar-refractivity contribution in [1.82, 2.24) is 4.58 Å². The first-order valence-corrected chi connectivity index (χ1v) is 10.5. The van der Waals surface area contributed by atoms with Crippen LogP contribution in [0.25, 0.3) is 33.4 Å². The fraction of sp³-hybridized carbons (Fsp3) is 0.192. The molecule has 2 aliphatic heterocycles. The van der Waals surface area contributed by atoms with Crippen molar-refractivity contribution in [2.45, 2.75) is 6.92 Å². The van der Waals surface area contributed by atoms with E-state index in [0.717, 1.165) is 27.6 Å². The smallest absolute Gasteiger partial charge is 0.336 e. The quantitative estimate of drug-likeness (QED) is 0.306. The lowest BCUT2D eigenvalue weighted by molar-refractivity contribution is -0.126. The van der Waals surface area contributed by atoms with Crippen LogP contribution in [0, 0.1) is 5.92 Å². The Labute approximate surface area is 185 Å². The van der Waals surface area contributed by atoms with Crippen LogP contribution in [0.3, 0.4) is 0 Å². The van der Waals surface area contributed by atoms with Crippen molar-refractivity contribution < 1.29 is 19.1 Å². The van der Waals surface area contributed by atoms with E-state index in [9.17, 15) is 14.7 Å². The lowest BCUT2D eigenvalue weighted by Gasteiger charge is -2.36. The van der Waals surface area contributed by atoms with Gasteiger partial charge >= 0.3 is 5.97 Å². The molecule has 160 valence electrons. The number of β-lactam (4-membered cyclic amide) rings is 1. The van der Waals surface area contributed by atoms with Crippen molar-refractivity contribution >= 4 is 28.5 Å². The molecule has 1 atom stereocenters. The van der Waals surface area contributed by atoms with E-state index in [0.29, 0.717) is 23.5 Å². The minimum Gasteiger partial charge on any atom is -0.478 e. The number of carboxylic acids is 1. The van der Waals surface area contributed by atoms with E-state index in [-0.39, 0.29) is 17.4 Å². The van der Waals surface area contributed by atoms with Gasteiger partial charge in [0.1, 0.15) is 25.4 Å². The molecule has 6 heteroatoms. The lowest BCUT2D eigenvalue weighted by Crippen LogP contribution is -2.51. The lowest BCUT2D eigenvalue weighted by atomic mass is 9.90. The number of hydrogen-bond acceptors (Lipinski definition) is 3. The molecule has 1 fully saturated rings. The summed E-state index contributed by atoms with van der Waals surface area (Å²) in [5.74, 6) is -0.208. The van der Waals surface area contributed by atoms with Crippen LogP contribution in [0.1, 0.15) is 17.3 Å². The zero-order valence-electron chi connectivity index (χ0n) is 18.1. The predicted molar refractivity (Wildman–Crippen MR) is 124 cm³/mol. The van der Waals surface area contributed by atoms with Crippen LogP contribution >= 0.6 is 0 Å². The summed E-state index contributed by atoms with van der Waals surface area (Å²) in [6.07, 6.45) is 0. The van der Waals surface area contributed by atoms with Crippen LogP contribution in [-0.2, 0) is 4.79 Å². The van der Waals surface area contributed by atoms with Crippen molar-refractivity contribution in [1.29, 1.82) is 0 Å². The number of rotatable bonds is 3. The van der Waals surface area contributed by atoms with Gasteiger partial charge in [0.15, 0.2) is 0 Å². The number of carbonyl (C=O) groups is 2. The molecule has 5 rings (SSSR count). The summed E-state index contributed by atoms with van der Waals surface area (Å²) in [5, 5.41) is 11.6. The van der Waals surface area contributed by atoms with E-state index < -0.39 is 5.97 Å². The summed E-state index contributed by atoms with van der Waals surface area (Å²) in [5.41, 5.74) is 3.88. The number of carbonyl (C=O) groups excluding carboxylic acids is 1. The van der Waals surface area contributed by atoms with E-state index >= 15 is 0 Å². The molecule has 1 unspecified atom stereocenters. The van der Waals surface area contributed by atoms with Crippen LogP contribution in [0.15, 0.2) is 65.1 Å². The van der Waals surface area contributed by atoms with E-state index in [1.54, 1.807) is 17.0 Å². The van der Waals surface area contributed by atoms with Gasteiger partial charge < -0.3 is 14.4 Å². The Morgan fingerprint density at radius 3 is 2.53 bits per heavy atom. The molecule has 0 spiro atoms. The van der Waals surface area contributed by atoms with E-state index in [2.05, 4.69) is 0 Å². The Balaban J connectivity index is 1.85. The molecule has 2 heterocycles. The van der Waals surface area contributed by atoms with Gasteiger partial charge in [0.05, 0.1) is 17.5 Å². The molecule has 1 aliphatic carbocycles. The average molecular weight is 427 g/mol. The van der Waals surface area contributed by atoms with Crippen LogP contribution in [0.4, 0.5) is 5.69 Å². The summed E-state index contributed by atoms with van der Waals surface area (Å²) in [6, 6.07) is 18.6. The van der Waals surface area contributed by atoms with E-state index in [1.807, 2.05) is 74.1 Å². The highest BCUT2D eigenvalue weighted by Gasteiger charge is 2.34. The molecule has 3 aliphatic rings. The molecule has 1 N–H and O–H groups in total. The SMILES string of the molecule is CC1CN(c2ccc3c(-c4ccccc4C(=O)O)c4ccc(=[N+](C)C)cc-4oc3c2)C1=O. The molecule has 0 aromatic heterocycles. The standard InChI is InChI=1S/C26H22N2O4/c1-15-14-28(25(15)29)17-9-11-21-23(13-17)32-22-12-16(27(2)3)8-10-20(22)24(21)18-6-4-5-7-19(18)26(30)31/h4-13,15H,14H2,1-3H3/p+1. The molecular formula is C26H23N2O4+. The molecule has 2 aromatic rings. The zero-order chi connectivity index (χ0) is 22.6. The van der Waals surface area contributed by atoms with Crippen LogP contribution in [0.5, 0.6) is 0 Å². The van der Waals surface area contributed by atoms with Crippen molar-refractivity contribution in [3.05, 3.63) is 71.6 Å². The minimum absolute atomic E-state index is 0.0277. The number of hydrogen-bond donors (Lipinski definition) is 1.